The van der Waals surface area contributed by atoms with Crippen molar-refractivity contribution in [3.8, 4) is 0 Å². The molecular formula is C13H18N2. The van der Waals surface area contributed by atoms with Gasteiger partial charge in [-0.1, -0.05) is 38.1 Å². The first kappa shape index (κ1) is 11.5. The van der Waals surface area contributed by atoms with E-state index in [4.69, 9.17) is 5.73 Å². The van der Waals surface area contributed by atoms with Crippen molar-refractivity contribution >= 4 is 16.6 Å². The van der Waals surface area contributed by atoms with E-state index in [9.17, 15) is 0 Å². The van der Waals surface area contributed by atoms with Crippen LogP contribution in [-0.2, 0) is 0 Å². The number of hydrogen-bond donors (Lipinski definition) is 1. The van der Waals surface area contributed by atoms with Gasteiger partial charge in [-0.15, -0.1) is 0 Å². The summed E-state index contributed by atoms with van der Waals surface area (Å²) in [5.41, 5.74) is 7.84. The fourth-order valence-corrected chi connectivity index (χ4v) is 1.59. The third-order valence-electron chi connectivity index (χ3n) is 2.39. The molecule has 15 heavy (non-hydrogen) atoms. The Morgan fingerprint density at radius 1 is 1.00 bits per heavy atom. The van der Waals surface area contributed by atoms with E-state index in [2.05, 4.69) is 17.1 Å². The first-order valence-corrected chi connectivity index (χ1v) is 5.31. The van der Waals surface area contributed by atoms with Gasteiger partial charge in [0, 0.05) is 11.1 Å². The number of nitrogen functional groups attached to an aromatic ring is 1. The van der Waals surface area contributed by atoms with Crippen molar-refractivity contribution in [2.45, 2.75) is 27.7 Å². The number of hydrogen-bond acceptors (Lipinski definition) is 2. The molecule has 2 nitrogen and oxygen atoms in total. The van der Waals surface area contributed by atoms with Crippen LogP contribution in [0, 0.1) is 13.8 Å². The van der Waals surface area contributed by atoms with Gasteiger partial charge in [-0.25, -0.2) is 4.98 Å². The van der Waals surface area contributed by atoms with Gasteiger partial charge in [0.15, 0.2) is 0 Å². The number of rotatable bonds is 0. The Labute approximate surface area is 91.1 Å². The van der Waals surface area contributed by atoms with Gasteiger partial charge in [0.2, 0.25) is 0 Å². The molecule has 1 aromatic heterocycles. The van der Waals surface area contributed by atoms with Gasteiger partial charge in [0.25, 0.3) is 0 Å². The number of pyridine rings is 1. The van der Waals surface area contributed by atoms with E-state index in [0.29, 0.717) is 5.82 Å². The maximum absolute atomic E-state index is 5.78. The molecule has 2 aromatic rings. The molecule has 0 bridgehead atoms. The molecule has 0 amide bonds. The lowest BCUT2D eigenvalue weighted by Gasteiger charge is -2.06. The molecule has 1 heterocycles. The average Bonchev–Trinajstić information content (AvgIpc) is 2.29. The lowest BCUT2D eigenvalue weighted by molar-refractivity contribution is 1.22. The molecule has 0 fully saturated rings. The van der Waals surface area contributed by atoms with E-state index in [1.807, 2.05) is 39.8 Å². The molecule has 0 aliphatic rings. The van der Waals surface area contributed by atoms with Crippen molar-refractivity contribution in [1.82, 2.24) is 4.98 Å². The predicted molar refractivity (Wildman–Crippen MR) is 67.0 cm³/mol. The summed E-state index contributed by atoms with van der Waals surface area (Å²) >= 11 is 0. The molecule has 0 saturated heterocycles. The van der Waals surface area contributed by atoms with Gasteiger partial charge < -0.3 is 5.73 Å². The number of aromatic nitrogens is 1. The van der Waals surface area contributed by atoms with Crippen molar-refractivity contribution in [3.63, 3.8) is 0 Å². The van der Waals surface area contributed by atoms with Crippen molar-refractivity contribution in [2.24, 2.45) is 0 Å². The zero-order valence-electron chi connectivity index (χ0n) is 9.83. The fourth-order valence-electron chi connectivity index (χ4n) is 1.59. The number of nitrogens with two attached hydrogens (primary N) is 1. The number of anilines is 1. The first-order valence-electron chi connectivity index (χ1n) is 5.31. The zero-order valence-corrected chi connectivity index (χ0v) is 9.83. The zero-order chi connectivity index (χ0) is 11.4. The fraction of sp³-hybridized carbons (Fsp3) is 0.308. The molecule has 2 N–H and O–H groups in total. The molecule has 0 unspecified atom stereocenters. The van der Waals surface area contributed by atoms with Crippen LogP contribution in [0.2, 0.25) is 0 Å². The summed E-state index contributed by atoms with van der Waals surface area (Å²) < 4.78 is 0. The van der Waals surface area contributed by atoms with E-state index in [1.54, 1.807) is 0 Å². The minimum absolute atomic E-state index is 0.635. The summed E-state index contributed by atoms with van der Waals surface area (Å²) in [6.07, 6.45) is 0. The normalized spacial score (nSPS) is 9.60. The highest BCUT2D eigenvalue weighted by atomic mass is 14.8. The van der Waals surface area contributed by atoms with E-state index < -0.39 is 0 Å². The molecule has 0 aliphatic carbocycles. The number of aryl methyl sites for hydroxylation is 2. The summed E-state index contributed by atoms with van der Waals surface area (Å²) in [4.78, 5) is 4.28. The Balaban J connectivity index is 0.000000531. The number of benzene rings is 1. The SMILES string of the molecule is CC.Cc1nc(N)c(C)c2ccccc12. The molecular weight excluding hydrogens is 184 g/mol. The molecule has 80 valence electrons. The highest BCUT2D eigenvalue weighted by Gasteiger charge is 2.04. The smallest absolute Gasteiger partial charge is 0.127 e. The van der Waals surface area contributed by atoms with Crippen LogP contribution in [0.4, 0.5) is 5.82 Å². The van der Waals surface area contributed by atoms with Gasteiger partial charge >= 0.3 is 0 Å². The summed E-state index contributed by atoms with van der Waals surface area (Å²) in [6.45, 7) is 7.99. The van der Waals surface area contributed by atoms with Crippen LogP contribution in [0.3, 0.4) is 0 Å². The molecule has 0 aliphatic heterocycles. The van der Waals surface area contributed by atoms with Crippen LogP contribution in [0.25, 0.3) is 10.8 Å². The maximum atomic E-state index is 5.78. The molecule has 0 atom stereocenters. The van der Waals surface area contributed by atoms with Crippen molar-refractivity contribution in [3.05, 3.63) is 35.5 Å². The standard InChI is InChI=1S/C11H12N2.C2H6/c1-7-9-5-3-4-6-10(9)8(2)13-11(7)12;1-2/h3-6H,1-2H3,(H2,12,13);1-2H3. The van der Waals surface area contributed by atoms with Crippen LogP contribution in [-0.4, -0.2) is 4.98 Å². The van der Waals surface area contributed by atoms with Crippen LogP contribution in [0.1, 0.15) is 25.1 Å². The van der Waals surface area contributed by atoms with Crippen molar-refractivity contribution in [1.29, 1.82) is 0 Å². The predicted octanol–water partition coefficient (Wildman–Crippen LogP) is 3.46. The topological polar surface area (TPSA) is 38.9 Å². The summed E-state index contributed by atoms with van der Waals surface area (Å²) in [6, 6.07) is 8.20. The van der Waals surface area contributed by atoms with Crippen LogP contribution < -0.4 is 5.73 Å². The van der Waals surface area contributed by atoms with E-state index in [1.165, 1.54) is 10.8 Å². The highest BCUT2D eigenvalue weighted by Crippen LogP contribution is 2.23. The Hall–Kier alpha value is -1.57. The van der Waals surface area contributed by atoms with Gasteiger partial charge in [-0.3, -0.25) is 0 Å². The molecule has 1 aromatic carbocycles. The van der Waals surface area contributed by atoms with Gasteiger partial charge in [0.1, 0.15) is 5.82 Å². The van der Waals surface area contributed by atoms with Crippen LogP contribution >= 0.6 is 0 Å². The highest BCUT2D eigenvalue weighted by molar-refractivity contribution is 5.89. The quantitative estimate of drug-likeness (QED) is 0.710. The van der Waals surface area contributed by atoms with Crippen molar-refractivity contribution in [2.75, 3.05) is 5.73 Å². The van der Waals surface area contributed by atoms with Gasteiger partial charge in [-0.05, 0) is 24.8 Å². The average molecular weight is 202 g/mol. The molecule has 2 rings (SSSR count). The molecule has 0 saturated carbocycles. The van der Waals surface area contributed by atoms with Crippen LogP contribution in [0.15, 0.2) is 24.3 Å². The second kappa shape index (κ2) is 4.78. The third kappa shape index (κ3) is 2.09. The maximum Gasteiger partial charge on any atom is 0.127 e. The number of nitrogens with zero attached hydrogens (tertiary/aromatic N) is 1. The Morgan fingerprint density at radius 2 is 1.53 bits per heavy atom. The van der Waals surface area contributed by atoms with E-state index in [0.717, 1.165) is 11.3 Å². The van der Waals surface area contributed by atoms with Crippen LogP contribution in [0.5, 0.6) is 0 Å². The number of fused-ring (bicyclic) bond motifs is 1. The van der Waals surface area contributed by atoms with Gasteiger partial charge in [0.05, 0.1) is 0 Å². The summed E-state index contributed by atoms with van der Waals surface area (Å²) in [7, 11) is 0. The van der Waals surface area contributed by atoms with Crippen molar-refractivity contribution < 1.29 is 0 Å². The Kier molecular flexibility index (Phi) is 3.67. The second-order valence-corrected chi connectivity index (χ2v) is 3.25. The Bertz CT molecular complexity index is 461. The summed E-state index contributed by atoms with van der Waals surface area (Å²) in [5, 5.41) is 2.39. The monoisotopic (exact) mass is 202 g/mol. The lowest BCUT2D eigenvalue weighted by atomic mass is 10.1. The summed E-state index contributed by atoms with van der Waals surface area (Å²) in [5.74, 6) is 0.635. The molecule has 0 spiro atoms. The third-order valence-corrected chi connectivity index (χ3v) is 2.39. The van der Waals surface area contributed by atoms with E-state index >= 15 is 0 Å². The Morgan fingerprint density at radius 3 is 2.13 bits per heavy atom. The molecule has 0 radical (unpaired) electrons. The van der Waals surface area contributed by atoms with E-state index in [-0.39, 0.29) is 0 Å². The second-order valence-electron chi connectivity index (χ2n) is 3.25. The minimum Gasteiger partial charge on any atom is -0.383 e. The first-order chi connectivity index (χ1) is 7.20. The minimum atomic E-state index is 0.635. The molecule has 2 heteroatoms. The van der Waals surface area contributed by atoms with Gasteiger partial charge in [-0.2, -0.15) is 0 Å². The largest absolute Gasteiger partial charge is 0.383 e. The lowest BCUT2D eigenvalue weighted by Crippen LogP contribution is -1.97.